The number of nitrogens with zero attached hydrogens (tertiary/aromatic N) is 1. The number of ether oxygens (including phenoxy) is 1. The third-order valence-corrected chi connectivity index (χ3v) is 3.04. The van der Waals surface area contributed by atoms with Gasteiger partial charge in [0.1, 0.15) is 12.4 Å². The number of rotatable bonds is 7. The highest BCUT2D eigenvalue weighted by Crippen LogP contribution is 2.12. The third-order valence-electron chi connectivity index (χ3n) is 3.04. The molecule has 1 aromatic carbocycles. The molecule has 106 valence electrons. The van der Waals surface area contributed by atoms with Gasteiger partial charge in [-0.2, -0.15) is 0 Å². The van der Waals surface area contributed by atoms with E-state index in [0.717, 1.165) is 5.75 Å². The molecule has 0 radical (unpaired) electrons. The second-order valence-electron chi connectivity index (χ2n) is 5.03. The Morgan fingerprint density at radius 1 is 1.47 bits per heavy atom. The first-order chi connectivity index (χ1) is 9.02. The van der Waals surface area contributed by atoms with Crippen LogP contribution in [0.4, 0.5) is 0 Å². The lowest BCUT2D eigenvalue weighted by molar-refractivity contribution is -0.131. The van der Waals surface area contributed by atoms with Gasteiger partial charge in [-0.15, -0.1) is 0 Å². The minimum absolute atomic E-state index is 0.116. The van der Waals surface area contributed by atoms with E-state index in [1.165, 1.54) is 5.56 Å². The van der Waals surface area contributed by atoms with Crippen LogP contribution in [0.5, 0.6) is 5.75 Å². The van der Waals surface area contributed by atoms with Crippen molar-refractivity contribution in [1.29, 1.82) is 0 Å². The molecule has 4 nitrogen and oxygen atoms in total. The predicted octanol–water partition coefficient (Wildman–Crippen LogP) is 1.82. The summed E-state index contributed by atoms with van der Waals surface area (Å²) in [5, 5.41) is 0. The molecule has 1 amide bonds. The van der Waals surface area contributed by atoms with Gasteiger partial charge < -0.3 is 15.4 Å². The highest BCUT2D eigenvalue weighted by atomic mass is 16.5. The van der Waals surface area contributed by atoms with Gasteiger partial charge in [-0.3, -0.25) is 4.79 Å². The van der Waals surface area contributed by atoms with Gasteiger partial charge in [0.05, 0.1) is 6.54 Å². The summed E-state index contributed by atoms with van der Waals surface area (Å²) in [5.41, 5.74) is 6.68. The van der Waals surface area contributed by atoms with Gasteiger partial charge in [0.25, 0.3) is 0 Å². The molecular weight excluding hydrogens is 240 g/mol. The number of amides is 1. The zero-order chi connectivity index (χ0) is 14.3. The molecule has 0 aliphatic heterocycles. The lowest BCUT2D eigenvalue weighted by Crippen LogP contribution is -2.32. The molecular formula is C15H24N2O2. The van der Waals surface area contributed by atoms with Crippen molar-refractivity contribution >= 4 is 5.91 Å². The van der Waals surface area contributed by atoms with Crippen LogP contribution in [-0.4, -0.2) is 37.6 Å². The van der Waals surface area contributed by atoms with E-state index >= 15 is 0 Å². The summed E-state index contributed by atoms with van der Waals surface area (Å²) >= 11 is 0. The van der Waals surface area contributed by atoms with E-state index in [9.17, 15) is 4.79 Å². The molecule has 0 heterocycles. The quantitative estimate of drug-likeness (QED) is 0.817. The van der Waals surface area contributed by atoms with Crippen LogP contribution in [0.15, 0.2) is 24.3 Å². The minimum Gasteiger partial charge on any atom is -0.492 e. The average molecular weight is 264 g/mol. The maximum Gasteiger partial charge on any atom is 0.222 e. The number of benzene rings is 1. The first-order valence-corrected chi connectivity index (χ1v) is 6.66. The van der Waals surface area contributed by atoms with Crippen LogP contribution in [0.1, 0.15) is 18.9 Å². The van der Waals surface area contributed by atoms with Crippen LogP contribution in [0, 0.1) is 12.8 Å². The van der Waals surface area contributed by atoms with Gasteiger partial charge in [-0.25, -0.2) is 0 Å². The van der Waals surface area contributed by atoms with Gasteiger partial charge in [-0.1, -0.05) is 19.1 Å². The summed E-state index contributed by atoms with van der Waals surface area (Å²) in [6.07, 6.45) is 0.497. The van der Waals surface area contributed by atoms with Crippen LogP contribution >= 0.6 is 0 Å². The number of carbonyl (C=O) groups is 1. The summed E-state index contributed by atoms with van der Waals surface area (Å²) in [6, 6.07) is 7.89. The smallest absolute Gasteiger partial charge is 0.222 e. The lowest BCUT2D eigenvalue weighted by Gasteiger charge is -2.19. The lowest BCUT2D eigenvalue weighted by atomic mass is 10.1. The molecule has 0 saturated heterocycles. The molecule has 0 spiro atoms. The summed E-state index contributed by atoms with van der Waals surface area (Å²) in [5.74, 6) is 1.19. The maximum absolute atomic E-state index is 11.8. The van der Waals surface area contributed by atoms with Crippen LogP contribution in [0.25, 0.3) is 0 Å². The molecule has 19 heavy (non-hydrogen) atoms. The van der Waals surface area contributed by atoms with Gasteiger partial charge in [0.15, 0.2) is 0 Å². The monoisotopic (exact) mass is 264 g/mol. The van der Waals surface area contributed by atoms with E-state index in [0.29, 0.717) is 26.1 Å². The number of nitrogens with two attached hydrogens (primary N) is 1. The van der Waals surface area contributed by atoms with Crippen LogP contribution in [0.2, 0.25) is 0 Å². The van der Waals surface area contributed by atoms with Crippen molar-refractivity contribution in [3.8, 4) is 5.75 Å². The van der Waals surface area contributed by atoms with Gasteiger partial charge in [0, 0.05) is 13.5 Å². The zero-order valence-corrected chi connectivity index (χ0v) is 12.1. The second kappa shape index (κ2) is 7.79. The van der Waals surface area contributed by atoms with E-state index in [-0.39, 0.29) is 11.8 Å². The van der Waals surface area contributed by atoms with Crippen molar-refractivity contribution in [3.63, 3.8) is 0 Å². The number of carbonyl (C=O) groups excluding carboxylic acids is 1. The normalized spacial score (nSPS) is 12.0. The Balaban J connectivity index is 2.30. The number of likely N-dealkylation sites (N-methyl/N-ethyl adjacent to an activating group) is 1. The van der Waals surface area contributed by atoms with E-state index in [4.69, 9.17) is 10.5 Å². The van der Waals surface area contributed by atoms with Crippen molar-refractivity contribution in [2.24, 2.45) is 11.7 Å². The van der Waals surface area contributed by atoms with Gasteiger partial charge in [0.2, 0.25) is 5.91 Å². The molecule has 0 bridgehead atoms. The molecule has 0 aromatic heterocycles. The Labute approximate surface area is 115 Å². The van der Waals surface area contributed by atoms with Crippen LogP contribution in [0.3, 0.4) is 0 Å². The average Bonchev–Trinajstić information content (AvgIpc) is 2.38. The Morgan fingerprint density at radius 2 is 2.21 bits per heavy atom. The molecule has 1 unspecified atom stereocenters. The molecule has 1 rings (SSSR count). The number of hydrogen-bond acceptors (Lipinski definition) is 3. The molecule has 1 atom stereocenters. The third kappa shape index (κ3) is 5.75. The molecule has 0 aliphatic carbocycles. The largest absolute Gasteiger partial charge is 0.492 e. The van der Waals surface area contributed by atoms with Crippen molar-refractivity contribution in [2.75, 3.05) is 26.7 Å². The van der Waals surface area contributed by atoms with E-state index < -0.39 is 0 Å². The van der Waals surface area contributed by atoms with E-state index in [1.807, 2.05) is 38.1 Å². The fourth-order valence-corrected chi connectivity index (χ4v) is 1.67. The molecule has 0 saturated carbocycles. The molecule has 2 N–H and O–H groups in total. The molecule has 0 aliphatic rings. The van der Waals surface area contributed by atoms with Crippen molar-refractivity contribution < 1.29 is 9.53 Å². The summed E-state index contributed by atoms with van der Waals surface area (Å²) in [6.45, 7) is 5.64. The first-order valence-electron chi connectivity index (χ1n) is 6.66. The summed E-state index contributed by atoms with van der Waals surface area (Å²) < 4.78 is 5.62. The summed E-state index contributed by atoms with van der Waals surface area (Å²) in [4.78, 5) is 13.5. The summed E-state index contributed by atoms with van der Waals surface area (Å²) in [7, 11) is 1.80. The highest BCUT2D eigenvalue weighted by Gasteiger charge is 2.12. The molecule has 4 heteroatoms. The van der Waals surface area contributed by atoms with Crippen molar-refractivity contribution in [3.05, 3.63) is 29.8 Å². The standard InChI is InChI=1S/C15H24N2O2/c1-12-5-4-6-14(9-12)19-8-7-17(3)15(18)10-13(2)11-16/h4-6,9,13H,7-8,10-11,16H2,1-3H3. The van der Waals surface area contributed by atoms with Crippen LogP contribution < -0.4 is 10.5 Å². The van der Waals surface area contributed by atoms with E-state index in [1.54, 1.807) is 11.9 Å². The maximum atomic E-state index is 11.8. The molecule has 0 fully saturated rings. The fraction of sp³-hybridized carbons (Fsp3) is 0.533. The van der Waals surface area contributed by atoms with Gasteiger partial charge in [-0.05, 0) is 37.1 Å². The Hall–Kier alpha value is -1.55. The van der Waals surface area contributed by atoms with Gasteiger partial charge >= 0.3 is 0 Å². The van der Waals surface area contributed by atoms with Crippen LogP contribution in [-0.2, 0) is 4.79 Å². The second-order valence-corrected chi connectivity index (χ2v) is 5.03. The Morgan fingerprint density at radius 3 is 2.84 bits per heavy atom. The Kier molecular flexibility index (Phi) is 6.36. The number of aryl methyl sites for hydroxylation is 1. The SMILES string of the molecule is Cc1cccc(OCCN(C)C(=O)CC(C)CN)c1. The molecule has 1 aromatic rings. The van der Waals surface area contributed by atoms with E-state index in [2.05, 4.69) is 0 Å². The highest BCUT2D eigenvalue weighted by molar-refractivity contribution is 5.76. The minimum atomic E-state index is 0.116. The Bertz CT molecular complexity index is 407. The number of hydrogen-bond donors (Lipinski definition) is 1. The first kappa shape index (κ1) is 15.5. The predicted molar refractivity (Wildman–Crippen MR) is 77.1 cm³/mol. The zero-order valence-electron chi connectivity index (χ0n) is 12.1. The topological polar surface area (TPSA) is 55.6 Å². The fourth-order valence-electron chi connectivity index (χ4n) is 1.67. The van der Waals surface area contributed by atoms with Crippen molar-refractivity contribution in [1.82, 2.24) is 4.90 Å². The van der Waals surface area contributed by atoms with Crippen molar-refractivity contribution in [2.45, 2.75) is 20.3 Å².